The summed E-state index contributed by atoms with van der Waals surface area (Å²) in [5.41, 5.74) is 0.770. The minimum Gasteiger partial charge on any atom is -0.497 e. The molecule has 178 valence electrons. The normalized spacial score (nSPS) is 15.1. The molecule has 0 bridgehead atoms. The van der Waals surface area contributed by atoms with Gasteiger partial charge in [0.25, 0.3) is 5.91 Å². The second-order valence-electron chi connectivity index (χ2n) is 8.17. The molecule has 7 nitrogen and oxygen atoms in total. The van der Waals surface area contributed by atoms with E-state index < -0.39 is 23.6 Å². The zero-order valence-corrected chi connectivity index (χ0v) is 19.2. The number of methoxy groups -OCH3 is 1. The summed E-state index contributed by atoms with van der Waals surface area (Å²) in [5.74, 6) is 0.127. The molecule has 0 spiro atoms. The molecule has 3 aromatic rings. The molecule has 1 aromatic heterocycles. The van der Waals surface area contributed by atoms with E-state index in [0.29, 0.717) is 12.4 Å². The van der Waals surface area contributed by atoms with Gasteiger partial charge in [0.2, 0.25) is 0 Å². The second kappa shape index (κ2) is 10.6. The molecule has 0 unspecified atom stereocenters. The Kier molecular flexibility index (Phi) is 7.32. The molecular formula is C25H27F2N5O2. The van der Waals surface area contributed by atoms with Gasteiger partial charge in [-0.15, -0.1) is 10.2 Å². The van der Waals surface area contributed by atoms with Crippen molar-refractivity contribution in [2.24, 2.45) is 0 Å². The fourth-order valence-electron chi connectivity index (χ4n) is 3.96. The van der Waals surface area contributed by atoms with Crippen LogP contribution in [0.25, 0.3) is 6.08 Å². The standard InChI is InChI=1S/C25H27F2N5O2/c1-17(28-25(33)21-16-19(26)7-10-22(21)27)24-30-29-23-11-13-31(14-15-32(23)24)12-3-4-18-5-8-20(34-2)9-6-18/h3-10,16-17H,11-15H2,1-2H3,(H,28,33)/b4-3+/t17-/m0/s1. The number of rotatable bonds is 7. The number of carbonyl (C=O) groups excluding carboxylic acids is 1. The van der Waals surface area contributed by atoms with Crippen molar-refractivity contribution in [1.82, 2.24) is 25.0 Å². The van der Waals surface area contributed by atoms with Crippen molar-refractivity contribution in [2.75, 3.05) is 26.7 Å². The third-order valence-electron chi connectivity index (χ3n) is 5.85. The number of nitrogens with zero attached hydrogens (tertiary/aromatic N) is 4. The number of hydrogen-bond donors (Lipinski definition) is 1. The number of halogens is 2. The Morgan fingerprint density at radius 3 is 2.71 bits per heavy atom. The van der Waals surface area contributed by atoms with Crippen LogP contribution in [-0.2, 0) is 13.0 Å². The van der Waals surface area contributed by atoms with Gasteiger partial charge in [0.05, 0.1) is 18.7 Å². The Morgan fingerprint density at radius 1 is 1.15 bits per heavy atom. The number of amides is 1. The molecule has 0 saturated carbocycles. The average molecular weight is 468 g/mol. The first kappa shape index (κ1) is 23.6. The van der Waals surface area contributed by atoms with Gasteiger partial charge in [-0.3, -0.25) is 9.69 Å². The molecule has 1 aliphatic heterocycles. The van der Waals surface area contributed by atoms with Crippen LogP contribution in [0.3, 0.4) is 0 Å². The van der Waals surface area contributed by atoms with E-state index in [0.717, 1.165) is 61.4 Å². The molecular weight excluding hydrogens is 440 g/mol. The quantitative estimate of drug-likeness (QED) is 0.575. The molecule has 2 heterocycles. The molecule has 0 radical (unpaired) electrons. The number of carbonyl (C=O) groups is 1. The van der Waals surface area contributed by atoms with Gasteiger partial charge < -0.3 is 14.6 Å². The van der Waals surface area contributed by atoms with Crippen LogP contribution in [-0.4, -0.2) is 52.3 Å². The maximum absolute atomic E-state index is 13.9. The van der Waals surface area contributed by atoms with E-state index in [-0.39, 0.29) is 5.56 Å². The lowest BCUT2D eigenvalue weighted by molar-refractivity contribution is 0.0933. The van der Waals surface area contributed by atoms with E-state index in [2.05, 4.69) is 32.6 Å². The average Bonchev–Trinajstić information content (AvgIpc) is 3.14. The molecule has 1 atom stereocenters. The van der Waals surface area contributed by atoms with Gasteiger partial charge in [-0.1, -0.05) is 24.3 Å². The predicted molar refractivity (Wildman–Crippen MR) is 124 cm³/mol. The highest BCUT2D eigenvalue weighted by Gasteiger charge is 2.23. The van der Waals surface area contributed by atoms with Gasteiger partial charge in [0.15, 0.2) is 5.82 Å². The predicted octanol–water partition coefficient (Wildman–Crippen LogP) is 3.63. The van der Waals surface area contributed by atoms with Gasteiger partial charge in [-0.25, -0.2) is 8.78 Å². The first-order valence-corrected chi connectivity index (χ1v) is 11.2. The highest BCUT2D eigenvalue weighted by atomic mass is 19.1. The van der Waals surface area contributed by atoms with Gasteiger partial charge in [0.1, 0.15) is 23.2 Å². The van der Waals surface area contributed by atoms with Crippen molar-refractivity contribution in [3.05, 3.63) is 83.0 Å². The molecule has 0 aliphatic carbocycles. The smallest absolute Gasteiger partial charge is 0.254 e. The minimum atomic E-state index is -0.774. The summed E-state index contributed by atoms with van der Waals surface area (Å²) >= 11 is 0. The Hall–Kier alpha value is -3.59. The monoisotopic (exact) mass is 467 g/mol. The van der Waals surface area contributed by atoms with Crippen LogP contribution in [0.15, 0.2) is 48.5 Å². The number of aromatic nitrogens is 3. The number of benzene rings is 2. The van der Waals surface area contributed by atoms with Gasteiger partial charge in [-0.05, 0) is 42.8 Å². The zero-order chi connectivity index (χ0) is 24.1. The molecule has 34 heavy (non-hydrogen) atoms. The van der Waals surface area contributed by atoms with Crippen LogP contribution in [0.1, 0.15) is 40.5 Å². The lowest BCUT2D eigenvalue weighted by atomic mass is 10.1. The molecule has 1 aliphatic rings. The van der Waals surface area contributed by atoms with Crippen LogP contribution >= 0.6 is 0 Å². The molecule has 1 amide bonds. The molecule has 0 fully saturated rings. The molecule has 2 aromatic carbocycles. The van der Waals surface area contributed by atoms with Crippen LogP contribution in [0.5, 0.6) is 5.75 Å². The SMILES string of the molecule is COc1ccc(/C=C/CN2CCc3nnc([C@H](C)NC(=O)c4cc(F)ccc4F)n3CC2)cc1. The van der Waals surface area contributed by atoms with E-state index in [4.69, 9.17) is 4.74 Å². The van der Waals surface area contributed by atoms with Crippen LogP contribution in [0.2, 0.25) is 0 Å². The van der Waals surface area contributed by atoms with E-state index in [9.17, 15) is 13.6 Å². The van der Waals surface area contributed by atoms with Gasteiger partial charge >= 0.3 is 0 Å². The fourth-order valence-corrected chi connectivity index (χ4v) is 3.96. The maximum Gasteiger partial charge on any atom is 0.254 e. The Morgan fingerprint density at radius 2 is 1.94 bits per heavy atom. The lowest BCUT2D eigenvalue weighted by Gasteiger charge is -2.18. The summed E-state index contributed by atoms with van der Waals surface area (Å²) in [7, 11) is 1.65. The topological polar surface area (TPSA) is 72.3 Å². The Bertz CT molecular complexity index is 1180. The van der Waals surface area contributed by atoms with Crippen molar-refractivity contribution in [3.8, 4) is 5.75 Å². The van der Waals surface area contributed by atoms with Crippen molar-refractivity contribution >= 4 is 12.0 Å². The fraction of sp³-hybridized carbons (Fsp3) is 0.320. The van der Waals surface area contributed by atoms with Crippen molar-refractivity contribution in [2.45, 2.75) is 25.9 Å². The van der Waals surface area contributed by atoms with E-state index in [1.165, 1.54) is 0 Å². The minimum absolute atomic E-state index is 0.336. The number of fused-ring (bicyclic) bond motifs is 1. The van der Waals surface area contributed by atoms with Gasteiger partial charge in [0, 0.05) is 32.6 Å². The van der Waals surface area contributed by atoms with Crippen LogP contribution in [0.4, 0.5) is 8.78 Å². The number of nitrogens with one attached hydrogen (secondary N) is 1. The number of ether oxygens (including phenoxy) is 1. The van der Waals surface area contributed by atoms with E-state index in [1.807, 2.05) is 28.8 Å². The highest BCUT2D eigenvalue weighted by Crippen LogP contribution is 2.18. The van der Waals surface area contributed by atoms with E-state index in [1.54, 1.807) is 14.0 Å². The largest absolute Gasteiger partial charge is 0.497 e. The van der Waals surface area contributed by atoms with Crippen LogP contribution in [0, 0.1) is 11.6 Å². The Labute approximate surface area is 197 Å². The molecule has 0 saturated heterocycles. The highest BCUT2D eigenvalue weighted by molar-refractivity contribution is 5.94. The summed E-state index contributed by atoms with van der Waals surface area (Å²) in [6.45, 7) is 4.85. The summed E-state index contributed by atoms with van der Waals surface area (Å²) in [4.78, 5) is 14.8. The van der Waals surface area contributed by atoms with Crippen molar-refractivity contribution < 1.29 is 18.3 Å². The van der Waals surface area contributed by atoms with Crippen LogP contribution < -0.4 is 10.1 Å². The summed E-state index contributed by atoms with van der Waals surface area (Å²) in [6, 6.07) is 10.2. The summed E-state index contributed by atoms with van der Waals surface area (Å²) < 4.78 is 34.6. The first-order valence-electron chi connectivity index (χ1n) is 11.2. The molecule has 9 heteroatoms. The van der Waals surface area contributed by atoms with E-state index >= 15 is 0 Å². The second-order valence-corrected chi connectivity index (χ2v) is 8.17. The maximum atomic E-state index is 13.9. The Balaban J connectivity index is 1.36. The third kappa shape index (κ3) is 5.48. The lowest BCUT2D eigenvalue weighted by Crippen LogP contribution is -2.31. The molecule has 4 rings (SSSR count). The first-order chi connectivity index (χ1) is 16.4. The third-order valence-corrected chi connectivity index (χ3v) is 5.85. The zero-order valence-electron chi connectivity index (χ0n) is 19.2. The summed E-state index contributed by atoms with van der Waals surface area (Å²) in [6.07, 6.45) is 4.94. The van der Waals surface area contributed by atoms with Crippen molar-refractivity contribution in [1.29, 1.82) is 0 Å². The molecule has 1 N–H and O–H groups in total. The number of hydrogen-bond acceptors (Lipinski definition) is 5. The van der Waals surface area contributed by atoms with Crippen molar-refractivity contribution in [3.63, 3.8) is 0 Å². The summed E-state index contributed by atoms with van der Waals surface area (Å²) in [5, 5.41) is 11.3. The van der Waals surface area contributed by atoms with Gasteiger partial charge in [-0.2, -0.15) is 0 Å².